The number of imidazole rings is 2. The number of carbonyl (C=O) groups is 4. The van der Waals surface area contributed by atoms with E-state index in [0.29, 0.717) is 94.0 Å². The smallest absolute Gasteiger partial charge is 0.407 e. The molecule has 2 saturated heterocycles. The van der Waals surface area contributed by atoms with E-state index in [9.17, 15) is 19.2 Å². The molecule has 2 saturated carbocycles. The van der Waals surface area contributed by atoms with E-state index in [1.807, 2.05) is 29.1 Å². The van der Waals surface area contributed by atoms with E-state index in [4.69, 9.17) is 28.9 Å². The number of fused-ring (bicyclic) bond motifs is 1. The molecule has 4 aromatic rings. The first-order valence-electron chi connectivity index (χ1n) is 24.7. The monoisotopic (exact) mass is 933 g/mol. The number of methoxy groups -OCH3 is 2. The summed E-state index contributed by atoms with van der Waals surface area (Å²) in [5, 5.41) is 5.75. The Balaban J connectivity index is 0.916. The molecule has 3 aliphatic carbocycles. The summed E-state index contributed by atoms with van der Waals surface area (Å²) < 4.78 is 21.1. The van der Waals surface area contributed by atoms with Crippen LogP contribution in [-0.2, 0) is 47.9 Å². The predicted molar refractivity (Wildman–Crippen MR) is 255 cm³/mol. The van der Waals surface area contributed by atoms with Crippen LogP contribution >= 0.6 is 0 Å². The number of nitrogens with one attached hydrogen (secondary N) is 4. The van der Waals surface area contributed by atoms with Crippen molar-refractivity contribution in [3.63, 3.8) is 0 Å². The van der Waals surface area contributed by atoms with Gasteiger partial charge in [-0.25, -0.2) is 19.6 Å². The van der Waals surface area contributed by atoms with Crippen LogP contribution in [0.4, 0.5) is 9.59 Å². The van der Waals surface area contributed by atoms with Crippen LogP contribution < -0.4 is 10.6 Å². The number of amides is 4. The zero-order valence-corrected chi connectivity index (χ0v) is 40.5. The lowest BCUT2D eigenvalue weighted by Crippen LogP contribution is -2.54. The van der Waals surface area contributed by atoms with Crippen molar-refractivity contribution in [2.45, 2.75) is 116 Å². The number of carbonyl (C=O) groups excluding carboxylic acids is 4. The van der Waals surface area contributed by atoms with Gasteiger partial charge in [0.05, 0.1) is 50.6 Å². The van der Waals surface area contributed by atoms with Gasteiger partial charge in [-0.2, -0.15) is 0 Å². The van der Waals surface area contributed by atoms with Crippen molar-refractivity contribution >= 4 is 24.0 Å². The third-order valence-corrected chi connectivity index (χ3v) is 16.1. The normalized spacial score (nSPS) is 24.8. The standard InChI is InChI=1S/C52H68N8O8/c1-28-29(2)46(28)59(49(61)44(57-51(63)65-6)35-17-21-67-22-18-35)27-43-53-25-41(55-43)34-13-11-33(12-14-34)37-15-16-40(39-10-8-9-38(37)39)42-26-54-48(56-42)32(5)60(47-30(3)31(47)4)50(62)45(58-52(64)66-7)36-19-23-68-24-20-36/h11-16,25-26,28-32,35-36,44-47H,8-10,17-24,27H2,1-7H3,(H,53,55)(H,54,56)(H,57,63)(H,58,64)/t28-,29+,30-,31+,32-,44-,45-,46?,47?/m0/s1. The Kier molecular flexibility index (Phi) is 14.0. The predicted octanol–water partition coefficient (Wildman–Crippen LogP) is 7.45. The molecule has 4 N–H and O–H groups in total. The van der Waals surface area contributed by atoms with Gasteiger partial charge in [0, 0.05) is 44.1 Å². The topological polar surface area (TPSA) is 193 Å². The summed E-state index contributed by atoms with van der Waals surface area (Å²) in [5.74, 6) is 2.36. The van der Waals surface area contributed by atoms with Crippen LogP contribution in [-0.4, -0.2) is 119 Å². The van der Waals surface area contributed by atoms with Crippen LogP contribution in [0.25, 0.3) is 33.6 Å². The lowest BCUT2D eigenvalue weighted by molar-refractivity contribution is -0.139. The molecule has 2 unspecified atom stereocenters. The molecule has 4 fully saturated rings. The lowest BCUT2D eigenvalue weighted by atomic mass is 9.90. The highest BCUT2D eigenvalue weighted by Gasteiger charge is 2.53. The van der Waals surface area contributed by atoms with Gasteiger partial charge in [-0.05, 0) is 115 Å². The quantitative estimate of drug-likeness (QED) is 0.0931. The molecule has 2 aliphatic heterocycles. The van der Waals surface area contributed by atoms with E-state index in [-0.39, 0.29) is 41.8 Å². The van der Waals surface area contributed by atoms with Gasteiger partial charge in [-0.3, -0.25) is 9.59 Å². The molecule has 9 atom stereocenters. The maximum atomic E-state index is 14.6. The van der Waals surface area contributed by atoms with Gasteiger partial charge in [-0.15, -0.1) is 0 Å². The fourth-order valence-electron chi connectivity index (χ4n) is 11.5. The number of alkyl carbamates (subject to hydrolysis) is 2. The number of H-pyrrole nitrogens is 2. The van der Waals surface area contributed by atoms with Gasteiger partial charge in [0.1, 0.15) is 23.7 Å². The van der Waals surface area contributed by atoms with Crippen molar-refractivity contribution in [2.24, 2.45) is 35.5 Å². The van der Waals surface area contributed by atoms with Gasteiger partial charge >= 0.3 is 12.2 Å². The van der Waals surface area contributed by atoms with Crippen LogP contribution in [0.2, 0.25) is 0 Å². The fraction of sp³-hybridized carbons (Fsp3) is 0.577. The number of rotatable bonds is 15. The molecule has 5 aliphatic rings. The first-order valence-corrected chi connectivity index (χ1v) is 24.7. The molecule has 4 amide bonds. The first-order chi connectivity index (χ1) is 32.9. The van der Waals surface area contributed by atoms with Crippen molar-refractivity contribution in [3.05, 3.63) is 71.6 Å². The van der Waals surface area contributed by atoms with Crippen LogP contribution in [0.15, 0.2) is 48.8 Å². The molecule has 16 heteroatoms. The van der Waals surface area contributed by atoms with Crippen LogP contribution in [0.1, 0.15) is 95.5 Å². The van der Waals surface area contributed by atoms with Crippen LogP contribution in [0.5, 0.6) is 0 Å². The Morgan fingerprint density at radius 3 is 1.75 bits per heavy atom. The summed E-state index contributed by atoms with van der Waals surface area (Å²) >= 11 is 0. The number of ether oxygens (including phenoxy) is 4. The van der Waals surface area contributed by atoms with Crippen molar-refractivity contribution in [1.82, 2.24) is 40.4 Å². The van der Waals surface area contributed by atoms with Crippen LogP contribution in [0.3, 0.4) is 0 Å². The molecule has 4 heterocycles. The summed E-state index contributed by atoms with van der Waals surface area (Å²) in [6.07, 6.45) is 8.21. The second-order valence-electron chi connectivity index (χ2n) is 19.9. The Bertz CT molecular complexity index is 2440. The van der Waals surface area contributed by atoms with Crippen molar-refractivity contribution in [3.8, 4) is 33.6 Å². The summed E-state index contributed by atoms with van der Waals surface area (Å²) in [6.45, 7) is 13.2. The molecule has 16 nitrogen and oxygen atoms in total. The molecule has 9 rings (SSSR count). The summed E-state index contributed by atoms with van der Waals surface area (Å²) in [5.41, 5.74) is 8.87. The van der Waals surface area contributed by atoms with Crippen molar-refractivity contribution < 1.29 is 38.1 Å². The average molecular weight is 933 g/mol. The molecule has 0 bridgehead atoms. The molecule has 2 aromatic carbocycles. The van der Waals surface area contributed by atoms with E-state index in [0.717, 1.165) is 47.3 Å². The number of hydrogen-bond acceptors (Lipinski definition) is 10. The summed E-state index contributed by atoms with van der Waals surface area (Å²) in [4.78, 5) is 74.6. The largest absolute Gasteiger partial charge is 0.453 e. The Hall–Kier alpha value is -5.74. The number of hydrogen-bond donors (Lipinski definition) is 4. The van der Waals surface area contributed by atoms with Gasteiger partial charge in [0.15, 0.2) is 0 Å². The lowest BCUT2D eigenvalue weighted by Gasteiger charge is -2.36. The van der Waals surface area contributed by atoms with E-state index < -0.39 is 24.3 Å². The number of aromatic amines is 2. The summed E-state index contributed by atoms with van der Waals surface area (Å²) in [7, 11) is 2.64. The minimum absolute atomic E-state index is 0.0257. The third-order valence-electron chi connectivity index (χ3n) is 16.1. The molecule has 2 aromatic heterocycles. The maximum absolute atomic E-state index is 14.6. The molecule has 0 spiro atoms. The van der Waals surface area contributed by atoms with Gasteiger partial charge in [0.25, 0.3) is 0 Å². The summed E-state index contributed by atoms with van der Waals surface area (Å²) in [6, 6.07) is 11.2. The molecule has 0 radical (unpaired) electrons. The van der Waals surface area contributed by atoms with Crippen LogP contribution in [0, 0.1) is 35.5 Å². The molecular formula is C52H68N8O8. The van der Waals surface area contributed by atoms with Gasteiger partial charge < -0.3 is 49.3 Å². The van der Waals surface area contributed by atoms with E-state index >= 15 is 0 Å². The van der Waals surface area contributed by atoms with E-state index in [1.54, 1.807) is 0 Å². The second kappa shape index (κ2) is 20.1. The highest BCUT2D eigenvalue weighted by Crippen LogP contribution is 2.47. The first kappa shape index (κ1) is 47.3. The van der Waals surface area contributed by atoms with Crippen molar-refractivity contribution in [1.29, 1.82) is 0 Å². The number of benzene rings is 2. The highest BCUT2D eigenvalue weighted by atomic mass is 16.5. The van der Waals surface area contributed by atoms with Gasteiger partial charge in [0.2, 0.25) is 11.8 Å². The maximum Gasteiger partial charge on any atom is 0.407 e. The molecule has 364 valence electrons. The minimum atomic E-state index is -0.724. The zero-order chi connectivity index (χ0) is 47.8. The third kappa shape index (κ3) is 9.50. The second-order valence-corrected chi connectivity index (χ2v) is 19.9. The highest BCUT2D eigenvalue weighted by molar-refractivity contribution is 5.88. The minimum Gasteiger partial charge on any atom is -0.453 e. The zero-order valence-electron chi connectivity index (χ0n) is 40.5. The Morgan fingerprint density at radius 2 is 1.19 bits per heavy atom. The number of nitrogens with zero attached hydrogens (tertiary/aromatic N) is 4. The molecular weight excluding hydrogens is 865 g/mol. The number of aromatic nitrogens is 4. The SMILES string of the molecule is COC(=O)N[C@H](C(=O)N(Cc1ncc(-c2ccc(-c3ccc(-c4cnc([C@H](C)N(C(=O)[C@@H](NC(=O)OC)C5CCOCC5)C5[C@@H](C)[C@H]5C)[nH]4)c4c3CCC4)cc2)[nH]1)C1[C@@H](C)[C@H]1C)C1CCOCC1. The molecule has 68 heavy (non-hydrogen) atoms. The Morgan fingerprint density at radius 1 is 0.676 bits per heavy atom. The van der Waals surface area contributed by atoms with E-state index in [2.05, 4.69) is 84.7 Å². The fourth-order valence-corrected chi connectivity index (χ4v) is 11.5. The van der Waals surface area contributed by atoms with Gasteiger partial charge in [-0.1, -0.05) is 64.1 Å². The average Bonchev–Trinajstić information content (AvgIpc) is 3.83. The van der Waals surface area contributed by atoms with E-state index in [1.165, 1.54) is 30.9 Å². The van der Waals surface area contributed by atoms with Crippen molar-refractivity contribution in [2.75, 3.05) is 40.6 Å². The Labute approximate surface area is 399 Å².